The Hall–Kier alpha value is -1.10. The van der Waals surface area contributed by atoms with E-state index in [1.807, 2.05) is 34.6 Å². The lowest BCUT2D eigenvalue weighted by Crippen LogP contribution is -2.49. The molecule has 5 nitrogen and oxygen atoms in total. The maximum Gasteiger partial charge on any atom is 0.417 e. The molecule has 0 aromatic heterocycles. The summed E-state index contributed by atoms with van der Waals surface area (Å²) in [5.41, 5.74) is 5.41. The number of hydrogen-bond donors (Lipinski definition) is 1. The van der Waals surface area contributed by atoms with E-state index >= 15 is 0 Å². The molecule has 2 amide bonds. The maximum absolute atomic E-state index is 12.7. The molecule has 0 aliphatic heterocycles. The third-order valence-corrected chi connectivity index (χ3v) is 4.66. The zero-order valence-corrected chi connectivity index (χ0v) is 19.4. The Bertz CT molecular complexity index is 430. The van der Waals surface area contributed by atoms with Crippen LogP contribution in [0.1, 0.15) is 112 Å². The first-order valence-corrected chi connectivity index (χ1v) is 11.4. The fraction of sp³-hybridized carbons (Fsp3) is 0.913. The smallest absolute Gasteiger partial charge is 0.417 e. The van der Waals surface area contributed by atoms with Crippen LogP contribution in [0.2, 0.25) is 0 Å². The van der Waals surface area contributed by atoms with Gasteiger partial charge in [0.05, 0.1) is 6.04 Å². The molecule has 0 heterocycles. The third kappa shape index (κ3) is 14.0. The number of unbranched alkanes of at least 4 members (excludes halogenated alkanes) is 9. The van der Waals surface area contributed by atoms with Crippen molar-refractivity contribution in [1.29, 1.82) is 0 Å². The minimum Gasteiger partial charge on any atom is -0.443 e. The SMILES string of the molecule is CCCCCCCCCCCCN(C(=O)OC(C)(C)C)C(=O)C(N)CC(C)C. The lowest BCUT2D eigenvalue weighted by molar-refractivity contribution is -0.132. The van der Waals surface area contributed by atoms with Crippen molar-refractivity contribution in [3.05, 3.63) is 0 Å². The Labute approximate surface area is 173 Å². The summed E-state index contributed by atoms with van der Waals surface area (Å²) in [6, 6.07) is -0.657. The van der Waals surface area contributed by atoms with Gasteiger partial charge in [-0.1, -0.05) is 78.6 Å². The molecule has 28 heavy (non-hydrogen) atoms. The van der Waals surface area contributed by atoms with E-state index in [0.29, 0.717) is 18.9 Å². The van der Waals surface area contributed by atoms with Crippen molar-refractivity contribution in [2.24, 2.45) is 11.7 Å². The van der Waals surface area contributed by atoms with Gasteiger partial charge in [0.1, 0.15) is 5.60 Å². The number of nitrogens with two attached hydrogens (primary N) is 1. The highest BCUT2D eigenvalue weighted by Crippen LogP contribution is 2.15. The molecule has 0 aromatic carbocycles. The fourth-order valence-corrected chi connectivity index (χ4v) is 3.17. The zero-order chi connectivity index (χ0) is 21.6. The average Bonchev–Trinajstić information content (AvgIpc) is 2.57. The number of rotatable bonds is 14. The van der Waals surface area contributed by atoms with Crippen LogP contribution in [0.25, 0.3) is 0 Å². The molecule has 5 heteroatoms. The molecule has 0 fully saturated rings. The molecular formula is C23H46N2O3. The lowest BCUT2D eigenvalue weighted by Gasteiger charge is -2.28. The number of carbonyl (C=O) groups excluding carboxylic acids is 2. The van der Waals surface area contributed by atoms with E-state index in [2.05, 4.69) is 6.92 Å². The molecule has 1 atom stereocenters. The molecule has 0 spiro atoms. The van der Waals surface area contributed by atoms with Crippen LogP contribution in [0.5, 0.6) is 0 Å². The van der Waals surface area contributed by atoms with E-state index in [0.717, 1.165) is 19.3 Å². The molecule has 0 bridgehead atoms. The van der Waals surface area contributed by atoms with Gasteiger partial charge in [-0.25, -0.2) is 9.69 Å². The van der Waals surface area contributed by atoms with E-state index in [4.69, 9.17) is 10.5 Å². The largest absolute Gasteiger partial charge is 0.443 e. The van der Waals surface area contributed by atoms with Crippen molar-refractivity contribution in [3.63, 3.8) is 0 Å². The van der Waals surface area contributed by atoms with Crippen LogP contribution in [0.3, 0.4) is 0 Å². The van der Waals surface area contributed by atoms with Gasteiger partial charge in [-0.2, -0.15) is 0 Å². The highest BCUT2D eigenvalue weighted by atomic mass is 16.6. The van der Waals surface area contributed by atoms with E-state index in [1.54, 1.807) is 0 Å². The van der Waals surface area contributed by atoms with Gasteiger partial charge in [-0.15, -0.1) is 0 Å². The van der Waals surface area contributed by atoms with Gasteiger partial charge < -0.3 is 10.5 Å². The highest BCUT2D eigenvalue weighted by molar-refractivity contribution is 5.95. The Morgan fingerprint density at radius 1 is 0.893 bits per heavy atom. The molecule has 0 rings (SSSR count). The first kappa shape index (κ1) is 26.9. The molecule has 0 radical (unpaired) electrons. The van der Waals surface area contributed by atoms with Crippen molar-refractivity contribution >= 4 is 12.0 Å². The van der Waals surface area contributed by atoms with Crippen molar-refractivity contribution in [3.8, 4) is 0 Å². The Kier molecular flexibility index (Phi) is 14.3. The van der Waals surface area contributed by atoms with Crippen LogP contribution in [0.15, 0.2) is 0 Å². The number of nitrogens with zero attached hydrogens (tertiary/aromatic N) is 1. The molecule has 0 aromatic rings. The van der Waals surface area contributed by atoms with Crippen LogP contribution in [0.4, 0.5) is 4.79 Å². The molecule has 0 saturated heterocycles. The second-order valence-corrected chi connectivity index (χ2v) is 9.39. The zero-order valence-electron chi connectivity index (χ0n) is 19.4. The predicted molar refractivity (Wildman–Crippen MR) is 117 cm³/mol. The van der Waals surface area contributed by atoms with Crippen LogP contribution >= 0.6 is 0 Å². The summed E-state index contributed by atoms with van der Waals surface area (Å²) >= 11 is 0. The third-order valence-electron chi connectivity index (χ3n) is 4.66. The Morgan fingerprint density at radius 2 is 1.36 bits per heavy atom. The Balaban J connectivity index is 4.39. The summed E-state index contributed by atoms with van der Waals surface area (Å²) in [4.78, 5) is 26.4. The van der Waals surface area contributed by atoms with Crippen LogP contribution in [-0.4, -0.2) is 35.1 Å². The van der Waals surface area contributed by atoms with Crippen LogP contribution < -0.4 is 5.73 Å². The van der Waals surface area contributed by atoms with Crippen molar-refractivity contribution < 1.29 is 14.3 Å². The van der Waals surface area contributed by atoms with Gasteiger partial charge in [-0.3, -0.25) is 4.79 Å². The van der Waals surface area contributed by atoms with Gasteiger partial charge in [0, 0.05) is 6.54 Å². The summed E-state index contributed by atoms with van der Waals surface area (Å²) in [7, 11) is 0. The molecule has 0 aliphatic carbocycles. The van der Waals surface area contributed by atoms with E-state index in [-0.39, 0.29) is 5.91 Å². The van der Waals surface area contributed by atoms with Crippen molar-refractivity contribution in [1.82, 2.24) is 4.90 Å². The fourth-order valence-electron chi connectivity index (χ4n) is 3.17. The molecule has 0 aliphatic rings. The number of ether oxygens (including phenoxy) is 1. The normalized spacial score (nSPS) is 12.9. The monoisotopic (exact) mass is 398 g/mol. The summed E-state index contributed by atoms with van der Waals surface area (Å²) in [5.74, 6) is -0.0179. The number of imide groups is 1. The van der Waals surface area contributed by atoms with Gasteiger partial charge in [0.25, 0.3) is 0 Å². The predicted octanol–water partition coefficient (Wildman–Crippen LogP) is 6.04. The first-order valence-electron chi connectivity index (χ1n) is 11.4. The Morgan fingerprint density at radius 3 is 1.79 bits per heavy atom. The maximum atomic E-state index is 12.7. The second kappa shape index (κ2) is 14.8. The van der Waals surface area contributed by atoms with Crippen molar-refractivity contribution in [2.75, 3.05) is 6.54 Å². The minimum absolute atomic E-state index is 0.303. The van der Waals surface area contributed by atoms with Gasteiger partial charge in [0.15, 0.2) is 0 Å². The highest BCUT2D eigenvalue weighted by Gasteiger charge is 2.30. The van der Waals surface area contributed by atoms with Crippen LogP contribution in [0, 0.1) is 5.92 Å². The van der Waals surface area contributed by atoms with Crippen molar-refractivity contribution in [2.45, 2.75) is 124 Å². The van der Waals surface area contributed by atoms with E-state index < -0.39 is 17.7 Å². The number of amides is 2. The first-order chi connectivity index (χ1) is 13.1. The number of carbonyl (C=O) groups is 2. The standard InChI is InChI=1S/C23H46N2O3/c1-7-8-9-10-11-12-13-14-15-16-17-25(22(27)28-23(4,5)6)21(26)20(24)18-19(2)3/h19-20H,7-18,24H2,1-6H3. The minimum atomic E-state index is -0.657. The van der Waals surface area contributed by atoms with E-state index in [1.165, 1.54) is 49.8 Å². The summed E-state index contributed by atoms with van der Waals surface area (Å²) in [5, 5.41) is 0. The molecule has 2 N–H and O–H groups in total. The summed E-state index contributed by atoms with van der Waals surface area (Å²) in [6.07, 6.45) is 12.1. The summed E-state index contributed by atoms with van der Waals surface area (Å²) in [6.45, 7) is 12.1. The lowest BCUT2D eigenvalue weighted by atomic mass is 10.0. The second-order valence-electron chi connectivity index (χ2n) is 9.39. The van der Waals surface area contributed by atoms with Crippen LogP contribution in [-0.2, 0) is 9.53 Å². The molecule has 0 saturated carbocycles. The van der Waals surface area contributed by atoms with Gasteiger partial charge in [0.2, 0.25) is 5.91 Å². The van der Waals surface area contributed by atoms with Gasteiger partial charge >= 0.3 is 6.09 Å². The topological polar surface area (TPSA) is 72.6 Å². The quantitative estimate of drug-likeness (QED) is 0.362. The summed E-state index contributed by atoms with van der Waals surface area (Å²) < 4.78 is 5.43. The van der Waals surface area contributed by atoms with E-state index in [9.17, 15) is 9.59 Å². The average molecular weight is 399 g/mol. The molecule has 1 unspecified atom stereocenters. The van der Waals surface area contributed by atoms with Gasteiger partial charge in [-0.05, 0) is 39.5 Å². The molecular weight excluding hydrogens is 352 g/mol. The molecule has 166 valence electrons. The number of hydrogen-bond acceptors (Lipinski definition) is 4.